The summed E-state index contributed by atoms with van der Waals surface area (Å²) < 4.78 is 26.8. The number of phosphoric acid groups is 1. The zero-order chi connectivity index (χ0) is 42.1. The van der Waals surface area contributed by atoms with E-state index in [2.05, 4.69) is 92.1 Å². The van der Waals surface area contributed by atoms with E-state index in [1.807, 2.05) is 0 Å². The van der Waals surface area contributed by atoms with E-state index >= 15 is 0 Å². The Kier molecular flexibility index (Phi) is 37.6. The first-order chi connectivity index (χ1) is 27.6. The number of aliphatic hydroxyl groups excluding tert-OH is 1. The summed E-state index contributed by atoms with van der Waals surface area (Å²) >= 11 is 0. The SMILES string of the molecule is CC/C=C\C/C=C\C/C=C\C/C=C\C/C=C\C/C=C\CCCCC(=O)OCC(O)COP(=O)(O)OCC(NC(=O)CCCCCCCCCCCCCC)C(=O)O. The van der Waals surface area contributed by atoms with Gasteiger partial charge in [0, 0.05) is 12.8 Å². The maximum absolute atomic E-state index is 12.3. The number of aliphatic hydroxyl groups is 1. The van der Waals surface area contributed by atoms with Crippen molar-refractivity contribution in [3.63, 3.8) is 0 Å². The number of unbranched alkanes of at least 4 members (excludes halogenated alkanes) is 13. The molecule has 11 nitrogen and oxygen atoms in total. The summed E-state index contributed by atoms with van der Waals surface area (Å²) in [4.78, 5) is 45.8. The first-order valence-corrected chi connectivity index (χ1v) is 23.0. The highest BCUT2D eigenvalue weighted by molar-refractivity contribution is 7.47. The van der Waals surface area contributed by atoms with Crippen LogP contribution < -0.4 is 5.32 Å². The third-order valence-corrected chi connectivity index (χ3v) is 9.71. The zero-order valence-corrected chi connectivity index (χ0v) is 36.0. The van der Waals surface area contributed by atoms with E-state index in [0.29, 0.717) is 12.8 Å². The van der Waals surface area contributed by atoms with Crippen molar-refractivity contribution in [1.82, 2.24) is 5.32 Å². The number of amides is 1. The van der Waals surface area contributed by atoms with Gasteiger partial charge in [0.2, 0.25) is 5.91 Å². The van der Waals surface area contributed by atoms with Crippen LogP contribution in [0.4, 0.5) is 0 Å². The summed E-state index contributed by atoms with van der Waals surface area (Å²) in [6.45, 7) is 2.41. The Bertz CT molecular complexity index is 1240. The van der Waals surface area contributed by atoms with Crippen LogP contribution in [0.1, 0.15) is 162 Å². The molecule has 0 aromatic rings. The van der Waals surface area contributed by atoms with E-state index in [-0.39, 0.29) is 12.8 Å². The third-order valence-electron chi connectivity index (χ3n) is 8.76. The molecule has 0 heterocycles. The van der Waals surface area contributed by atoms with Crippen molar-refractivity contribution < 1.29 is 47.8 Å². The Morgan fingerprint density at radius 2 is 1.02 bits per heavy atom. The fraction of sp³-hybridized carbons (Fsp3) is 0.667. The lowest BCUT2D eigenvalue weighted by Crippen LogP contribution is -2.43. The summed E-state index contributed by atoms with van der Waals surface area (Å²) in [6.07, 6.45) is 46.4. The Balaban J connectivity index is 3.98. The monoisotopic (exact) mass is 822 g/mol. The molecule has 0 saturated carbocycles. The second kappa shape index (κ2) is 39.7. The lowest BCUT2D eigenvalue weighted by Gasteiger charge is -2.18. The van der Waals surface area contributed by atoms with Gasteiger partial charge in [-0.05, 0) is 64.2 Å². The van der Waals surface area contributed by atoms with Crippen molar-refractivity contribution in [3.8, 4) is 0 Å². The molecule has 4 N–H and O–H groups in total. The Morgan fingerprint density at radius 3 is 1.51 bits per heavy atom. The molecule has 326 valence electrons. The minimum atomic E-state index is -4.77. The van der Waals surface area contributed by atoms with Gasteiger partial charge in [-0.15, -0.1) is 0 Å². The van der Waals surface area contributed by atoms with Crippen molar-refractivity contribution in [2.45, 2.75) is 174 Å². The molecule has 0 radical (unpaired) electrons. The number of carbonyl (C=O) groups excluding carboxylic acids is 2. The lowest BCUT2D eigenvalue weighted by atomic mass is 10.0. The van der Waals surface area contributed by atoms with Gasteiger partial charge in [0.25, 0.3) is 0 Å². The number of carboxylic acid groups (broad SMARTS) is 1. The number of nitrogens with one attached hydrogen (secondary N) is 1. The maximum atomic E-state index is 12.3. The number of hydrogen-bond donors (Lipinski definition) is 4. The van der Waals surface area contributed by atoms with Gasteiger partial charge in [0.15, 0.2) is 6.04 Å². The summed E-state index contributed by atoms with van der Waals surface area (Å²) in [6, 6.07) is -1.55. The minimum absolute atomic E-state index is 0.142. The van der Waals surface area contributed by atoms with Crippen LogP contribution in [-0.2, 0) is 32.7 Å². The number of hydrogen-bond acceptors (Lipinski definition) is 8. The highest BCUT2D eigenvalue weighted by Gasteiger charge is 2.28. The summed E-state index contributed by atoms with van der Waals surface area (Å²) in [5, 5.41) is 21.8. The van der Waals surface area contributed by atoms with Gasteiger partial charge >= 0.3 is 19.8 Å². The second-order valence-electron chi connectivity index (χ2n) is 14.2. The molecule has 0 saturated heterocycles. The molecule has 3 unspecified atom stereocenters. The largest absolute Gasteiger partial charge is 0.480 e. The van der Waals surface area contributed by atoms with Crippen LogP contribution >= 0.6 is 7.82 Å². The van der Waals surface area contributed by atoms with Gasteiger partial charge in [-0.25, -0.2) is 9.36 Å². The fourth-order valence-electron chi connectivity index (χ4n) is 5.43. The Morgan fingerprint density at radius 1 is 0.579 bits per heavy atom. The van der Waals surface area contributed by atoms with E-state index < -0.39 is 57.6 Å². The average Bonchev–Trinajstić information content (AvgIpc) is 3.18. The molecule has 0 aromatic carbocycles. The van der Waals surface area contributed by atoms with E-state index in [1.165, 1.54) is 51.4 Å². The van der Waals surface area contributed by atoms with E-state index in [1.54, 1.807) is 0 Å². The maximum Gasteiger partial charge on any atom is 0.472 e. The number of esters is 1. The van der Waals surface area contributed by atoms with Gasteiger partial charge in [0.05, 0.1) is 13.2 Å². The zero-order valence-electron chi connectivity index (χ0n) is 35.1. The minimum Gasteiger partial charge on any atom is -0.480 e. The third kappa shape index (κ3) is 39.5. The van der Waals surface area contributed by atoms with Crippen molar-refractivity contribution in [2.75, 3.05) is 19.8 Å². The van der Waals surface area contributed by atoms with Gasteiger partial charge in [0.1, 0.15) is 12.7 Å². The molecule has 0 bridgehead atoms. The highest BCUT2D eigenvalue weighted by atomic mass is 31.2. The van der Waals surface area contributed by atoms with Crippen LogP contribution in [-0.4, -0.2) is 64.9 Å². The van der Waals surface area contributed by atoms with E-state index in [0.717, 1.165) is 70.6 Å². The van der Waals surface area contributed by atoms with Crippen LogP contribution in [0.5, 0.6) is 0 Å². The fourth-order valence-corrected chi connectivity index (χ4v) is 6.21. The van der Waals surface area contributed by atoms with E-state index in [9.17, 15) is 34.1 Å². The van der Waals surface area contributed by atoms with Gasteiger partial charge < -0.3 is 25.2 Å². The number of aliphatic carboxylic acids is 1. The van der Waals surface area contributed by atoms with Crippen molar-refractivity contribution in [1.29, 1.82) is 0 Å². The second-order valence-corrected chi connectivity index (χ2v) is 15.6. The molecular weight excluding hydrogens is 745 g/mol. The average molecular weight is 822 g/mol. The first kappa shape index (κ1) is 53.9. The predicted octanol–water partition coefficient (Wildman–Crippen LogP) is 10.9. The number of ether oxygens (including phenoxy) is 1. The van der Waals surface area contributed by atoms with Crippen LogP contribution in [0.25, 0.3) is 0 Å². The van der Waals surface area contributed by atoms with Crippen molar-refractivity contribution >= 4 is 25.7 Å². The van der Waals surface area contributed by atoms with Gasteiger partial charge in [-0.1, -0.05) is 157 Å². The topological polar surface area (TPSA) is 169 Å². The number of allylic oxidation sites excluding steroid dienone is 12. The van der Waals surface area contributed by atoms with Crippen LogP contribution in [0.15, 0.2) is 72.9 Å². The Hall–Kier alpha value is -3.08. The quantitative estimate of drug-likeness (QED) is 0.0203. The number of carbonyl (C=O) groups is 3. The molecule has 0 fully saturated rings. The summed E-state index contributed by atoms with van der Waals surface area (Å²) in [7, 11) is -4.77. The van der Waals surface area contributed by atoms with Crippen LogP contribution in [0, 0.1) is 0 Å². The summed E-state index contributed by atoms with van der Waals surface area (Å²) in [5.41, 5.74) is 0. The number of carboxylic acids is 1. The molecule has 0 aromatic heterocycles. The van der Waals surface area contributed by atoms with E-state index in [4.69, 9.17) is 13.8 Å². The normalized spacial score (nSPS) is 14.5. The van der Waals surface area contributed by atoms with Crippen LogP contribution in [0.3, 0.4) is 0 Å². The smallest absolute Gasteiger partial charge is 0.472 e. The molecule has 0 aliphatic carbocycles. The highest BCUT2D eigenvalue weighted by Crippen LogP contribution is 2.43. The molecule has 0 aliphatic heterocycles. The molecule has 0 aliphatic rings. The summed E-state index contributed by atoms with van der Waals surface area (Å²) in [5.74, 6) is -2.43. The number of rotatable bonds is 39. The Labute approximate surface area is 344 Å². The van der Waals surface area contributed by atoms with Crippen LogP contribution in [0.2, 0.25) is 0 Å². The van der Waals surface area contributed by atoms with Crippen molar-refractivity contribution in [2.24, 2.45) is 0 Å². The predicted molar refractivity (Wildman–Crippen MR) is 231 cm³/mol. The van der Waals surface area contributed by atoms with Crippen molar-refractivity contribution in [3.05, 3.63) is 72.9 Å². The van der Waals surface area contributed by atoms with Gasteiger partial charge in [-0.2, -0.15) is 0 Å². The molecule has 12 heteroatoms. The molecule has 0 spiro atoms. The lowest BCUT2D eigenvalue weighted by molar-refractivity contribution is -0.147. The first-order valence-electron chi connectivity index (χ1n) is 21.5. The molecule has 57 heavy (non-hydrogen) atoms. The molecule has 1 amide bonds. The standard InChI is InChI=1S/C45H76NO10P/c1-3-5-7-9-11-13-15-17-18-19-20-21-22-23-24-25-27-29-31-33-35-37-44(49)54-38-41(47)39-55-57(52,53)56-40-42(45(50)51)46-43(48)36-34-32-30-28-26-16-14-12-10-8-6-4-2/h5,7,11,13,17-18,20-21,23-24,27,29,41-42,47H,3-4,6,8-10,12,14-16,19,22,25-26,28,30-40H2,1-2H3,(H,46,48)(H,50,51)(H,52,53)/b7-5-,13-11-,18-17-,21-20-,24-23-,29-27-. The number of phosphoric ester groups is 1. The molecular formula is C45H76NO10P. The van der Waals surface area contributed by atoms with Gasteiger partial charge in [-0.3, -0.25) is 18.6 Å². The molecule has 3 atom stereocenters. The molecule has 0 rings (SSSR count).